The normalized spacial score (nSPS) is 10.2. The highest BCUT2D eigenvalue weighted by atomic mass is 127. The van der Waals surface area contributed by atoms with Crippen molar-refractivity contribution in [3.8, 4) is 5.75 Å². The summed E-state index contributed by atoms with van der Waals surface area (Å²) in [5, 5.41) is 8.49. The molecule has 0 spiro atoms. The van der Waals surface area contributed by atoms with Gasteiger partial charge in [-0.05, 0) is 58.5 Å². The molecule has 7 nitrogen and oxygen atoms in total. The number of carbonyl (C=O) groups is 2. The molecule has 3 rings (SSSR count). The number of carbonyl (C=O) groups excluding carboxylic acids is 2. The number of halogens is 1. The van der Waals surface area contributed by atoms with Crippen LogP contribution in [0, 0.1) is 3.57 Å². The smallest absolute Gasteiger partial charge is 0.251 e. The van der Waals surface area contributed by atoms with Gasteiger partial charge < -0.3 is 20.7 Å². The minimum absolute atomic E-state index is 0.0734. The molecular weight excluding hydrogens is 507 g/mol. The van der Waals surface area contributed by atoms with Crippen LogP contribution in [0.1, 0.15) is 15.9 Å². The van der Waals surface area contributed by atoms with E-state index in [-0.39, 0.29) is 18.4 Å². The van der Waals surface area contributed by atoms with Crippen LogP contribution in [0.4, 0.5) is 5.82 Å². The first kappa shape index (κ1) is 22.5. The van der Waals surface area contributed by atoms with E-state index in [0.717, 1.165) is 9.13 Å². The lowest BCUT2D eigenvalue weighted by atomic mass is 10.2. The summed E-state index contributed by atoms with van der Waals surface area (Å²) in [6.07, 6.45) is 1.66. The molecule has 0 aliphatic heterocycles. The number of nitrogens with one attached hydrogen (secondary N) is 3. The number of ether oxygens (including phenoxy) is 1. The quantitative estimate of drug-likeness (QED) is 0.277. The van der Waals surface area contributed by atoms with Crippen LogP contribution >= 0.6 is 22.6 Å². The summed E-state index contributed by atoms with van der Waals surface area (Å²) < 4.78 is 6.67. The molecule has 0 saturated heterocycles. The van der Waals surface area contributed by atoms with Crippen molar-refractivity contribution in [3.63, 3.8) is 0 Å². The van der Waals surface area contributed by atoms with Crippen LogP contribution in [-0.4, -0.2) is 36.4 Å². The predicted octanol–water partition coefficient (Wildman–Crippen LogP) is 3.22. The Kier molecular flexibility index (Phi) is 8.65. The topological polar surface area (TPSA) is 92.4 Å². The fourth-order valence-corrected chi connectivity index (χ4v) is 3.20. The molecule has 2 aromatic carbocycles. The molecule has 31 heavy (non-hydrogen) atoms. The van der Waals surface area contributed by atoms with Gasteiger partial charge in [0.25, 0.3) is 5.91 Å². The van der Waals surface area contributed by atoms with Gasteiger partial charge in [0.1, 0.15) is 18.2 Å². The van der Waals surface area contributed by atoms with Crippen molar-refractivity contribution < 1.29 is 14.3 Å². The molecule has 160 valence electrons. The molecule has 0 aliphatic carbocycles. The zero-order chi connectivity index (χ0) is 21.9. The van der Waals surface area contributed by atoms with Gasteiger partial charge in [0.2, 0.25) is 5.91 Å². The zero-order valence-corrected chi connectivity index (χ0v) is 19.0. The van der Waals surface area contributed by atoms with Gasteiger partial charge in [-0.25, -0.2) is 4.98 Å². The third kappa shape index (κ3) is 7.89. The van der Waals surface area contributed by atoms with Gasteiger partial charge in [-0.3, -0.25) is 9.59 Å². The van der Waals surface area contributed by atoms with E-state index in [4.69, 9.17) is 4.74 Å². The summed E-state index contributed by atoms with van der Waals surface area (Å²) in [5.41, 5.74) is 1.62. The maximum Gasteiger partial charge on any atom is 0.251 e. The molecule has 0 radical (unpaired) electrons. The zero-order valence-electron chi connectivity index (χ0n) is 16.8. The Labute approximate surface area is 194 Å². The molecule has 0 aliphatic rings. The average Bonchev–Trinajstić information content (AvgIpc) is 2.80. The van der Waals surface area contributed by atoms with Crippen molar-refractivity contribution in [1.29, 1.82) is 0 Å². The predicted molar refractivity (Wildman–Crippen MR) is 128 cm³/mol. The molecule has 0 unspecified atom stereocenters. The number of pyridine rings is 1. The molecule has 0 fully saturated rings. The number of rotatable bonds is 10. The van der Waals surface area contributed by atoms with Crippen molar-refractivity contribution in [2.24, 2.45) is 0 Å². The van der Waals surface area contributed by atoms with Crippen molar-refractivity contribution in [2.45, 2.75) is 6.61 Å². The number of hydrogen-bond acceptors (Lipinski definition) is 5. The Morgan fingerprint density at radius 3 is 2.52 bits per heavy atom. The Morgan fingerprint density at radius 2 is 1.77 bits per heavy atom. The number of amides is 2. The van der Waals surface area contributed by atoms with E-state index >= 15 is 0 Å². The van der Waals surface area contributed by atoms with Gasteiger partial charge in [0, 0.05) is 22.2 Å². The SMILES string of the molecule is O=C(CNC(=O)c1cccc(I)c1)NCCNc1ccc(OCc2ccccc2)cn1. The second-order valence-corrected chi connectivity index (χ2v) is 7.87. The highest BCUT2D eigenvalue weighted by molar-refractivity contribution is 14.1. The maximum atomic E-state index is 12.0. The molecule has 1 aromatic heterocycles. The van der Waals surface area contributed by atoms with Gasteiger partial charge >= 0.3 is 0 Å². The van der Waals surface area contributed by atoms with Crippen molar-refractivity contribution in [3.05, 3.63) is 87.6 Å². The van der Waals surface area contributed by atoms with E-state index in [0.29, 0.717) is 36.8 Å². The van der Waals surface area contributed by atoms with Crippen LogP contribution in [0.3, 0.4) is 0 Å². The number of aromatic nitrogens is 1. The van der Waals surface area contributed by atoms with Gasteiger partial charge in [-0.2, -0.15) is 0 Å². The first-order chi connectivity index (χ1) is 15.1. The largest absolute Gasteiger partial charge is 0.487 e. The highest BCUT2D eigenvalue weighted by Crippen LogP contribution is 2.14. The summed E-state index contributed by atoms with van der Waals surface area (Å²) in [4.78, 5) is 28.3. The molecule has 2 amide bonds. The summed E-state index contributed by atoms with van der Waals surface area (Å²) in [7, 11) is 0. The number of nitrogens with zero attached hydrogens (tertiary/aromatic N) is 1. The monoisotopic (exact) mass is 530 g/mol. The third-order valence-corrected chi connectivity index (χ3v) is 4.91. The minimum Gasteiger partial charge on any atom is -0.487 e. The van der Waals surface area contributed by atoms with Gasteiger partial charge in [0.15, 0.2) is 0 Å². The lowest BCUT2D eigenvalue weighted by molar-refractivity contribution is -0.120. The fourth-order valence-electron chi connectivity index (χ4n) is 2.66. The van der Waals surface area contributed by atoms with Crippen LogP contribution in [-0.2, 0) is 11.4 Å². The molecule has 3 N–H and O–H groups in total. The summed E-state index contributed by atoms with van der Waals surface area (Å²) in [6, 6.07) is 20.8. The van der Waals surface area contributed by atoms with Crippen molar-refractivity contribution >= 4 is 40.2 Å². The lowest BCUT2D eigenvalue weighted by Gasteiger charge is -2.10. The van der Waals surface area contributed by atoms with E-state index in [2.05, 4.69) is 43.5 Å². The van der Waals surface area contributed by atoms with Gasteiger partial charge in [-0.1, -0.05) is 36.4 Å². The van der Waals surface area contributed by atoms with Crippen LogP contribution in [0.5, 0.6) is 5.75 Å². The van der Waals surface area contributed by atoms with Crippen LogP contribution < -0.4 is 20.7 Å². The molecular formula is C23H23IN4O3. The van der Waals surface area contributed by atoms with Crippen LogP contribution in [0.25, 0.3) is 0 Å². The Balaban J connectivity index is 1.31. The minimum atomic E-state index is -0.273. The molecule has 1 heterocycles. The summed E-state index contributed by atoms with van der Waals surface area (Å²) in [6.45, 7) is 1.33. The molecule has 0 saturated carbocycles. The summed E-state index contributed by atoms with van der Waals surface area (Å²) in [5.74, 6) is 0.851. The van der Waals surface area contributed by atoms with E-state index in [9.17, 15) is 9.59 Å². The second kappa shape index (κ2) is 11.9. The molecule has 0 atom stereocenters. The highest BCUT2D eigenvalue weighted by Gasteiger charge is 2.08. The fraction of sp³-hybridized carbons (Fsp3) is 0.174. The number of benzene rings is 2. The Morgan fingerprint density at radius 1 is 0.935 bits per heavy atom. The number of hydrogen-bond donors (Lipinski definition) is 3. The number of anilines is 1. The van der Waals surface area contributed by atoms with E-state index in [1.165, 1.54) is 0 Å². The first-order valence-electron chi connectivity index (χ1n) is 9.77. The molecule has 0 bridgehead atoms. The van der Waals surface area contributed by atoms with E-state index < -0.39 is 0 Å². The average molecular weight is 530 g/mol. The van der Waals surface area contributed by atoms with Crippen LogP contribution in [0.2, 0.25) is 0 Å². The van der Waals surface area contributed by atoms with E-state index in [1.807, 2.05) is 48.5 Å². The van der Waals surface area contributed by atoms with Crippen molar-refractivity contribution in [2.75, 3.05) is 25.0 Å². The third-order valence-electron chi connectivity index (χ3n) is 4.23. The first-order valence-corrected chi connectivity index (χ1v) is 10.8. The maximum absolute atomic E-state index is 12.0. The lowest BCUT2D eigenvalue weighted by Crippen LogP contribution is -2.38. The Hall–Kier alpha value is -3.14. The van der Waals surface area contributed by atoms with Gasteiger partial charge in [0.05, 0.1) is 12.7 Å². The van der Waals surface area contributed by atoms with E-state index in [1.54, 1.807) is 24.4 Å². The Bertz CT molecular complexity index is 997. The summed E-state index contributed by atoms with van der Waals surface area (Å²) >= 11 is 2.14. The molecule has 3 aromatic rings. The van der Waals surface area contributed by atoms with Gasteiger partial charge in [-0.15, -0.1) is 0 Å². The standard InChI is InChI=1S/C23H23IN4O3/c24-19-8-4-7-18(13-19)23(30)28-15-22(29)26-12-11-25-21-10-9-20(14-27-21)31-16-17-5-2-1-3-6-17/h1-10,13-14H,11-12,15-16H2,(H,25,27)(H,26,29)(H,28,30). The van der Waals surface area contributed by atoms with Crippen molar-refractivity contribution in [1.82, 2.24) is 15.6 Å². The van der Waals surface area contributed by atoms with Crippen LogP contribution in [0.15, 0.2) is 72.9 Å². The second-order valence-electron chi connectivity index (χ2n) is 6.62. The molecule has 8 heteroatoms.